The van der Waals surface area contributed by atoms with Gasteiger partial charge in [0.15, 0.2) is 0 Å². The molecule has 1 aliphatic heterocycles. The highest BCUT2D eigenvalue weighted by Crippen LogP contribution is 2.40. The average Bonchev–Trinajstić information content (AvgIpc) is 3.58. The normalized spacial score (nSPS) is 19.0. The van der Waals surface area contributed by atoms with E-state index in [0.29, 0.717) is 29.0 Å². The van der Waals surface area contributed by atoms with E-state index in [-0.39, 0.29) is 11.8 Å². The Labute approximate surface area is 203 Å². The number of anilines is 1. The largest absolute Gasteiger partial charge is 0.495 e. The molecule has 0 spiro atoms. The van der Waals surface area contributed by atoms with Gasteiger partial charge in [0.2, 0.25) is 5.91 Å². The Kier molecular flexibility index (Phi) is 6.13. The summed E-state index contributed by atoms with van der Waals surface area (Å²) in [5.74, 6) is 1.43. The van der Waals surface area contributed by atoms with E-state index in [9.17, 15) is 9.59 Å². The summed E-state index contributed by atoms with van der Waals surface area (Å²) < 4.78 is 7.00. The summed E-state index contributed by atoms with van der Waals surface area (Å²) in [7, 11) is 3.47. The van der Waals surface area contributed by atoms with Crippen LogP contribution >= 0.6 is 0 Å². The van der Waals surface area contributed by atoms with Crippen LogP contribution in [0.5, 0.6) is 5.75 Å². The molecular weight excluding hydrogens is 444 g/mol. The molecule has 35 heavy (non-hydrogen) atoms. The maximum atomic E-state index is 12.7. The number of amides is 2. The predicted octanol–water partition coefficient (Wildman–Crippen LogP) is 3.05. The van der Waals surface area contributed by atoms with Gasteiger partial charge in [-0.3, -0.25) is 19.3 Å². The van der Waals surface area contributed by atoms with E-state index in [1.807, 2.05) is 28.9 Å². The maximum Gasteiger partial charge on any atom is 0.258 e. The standard InChI is InChI=1S/C26H26N6O3/c1-31-23(7-8-29-31)18-9-20-15-32(16-21(20)10-18)25(33)6-4-17-3-5-24(28-12-17)30-26(34)19-11-22(35-2)14-27-13-19/h3-9,11-14,20-21H,10,15-16H2,1-2H3,(H,28,30,34). The molecule has 178 valence electrons. The van der Waals surface area contributed by atoms with Crippen molar-refractivity contribution in [3.05, 3.63) is 78.0 Å². The summed E-state index contributed by atoms with van der Waals surface area (Å²) in [4.78, 5) is 35.3. The summed E-state index contributed by atoms with van der Waals surface area (Å²) >= 11 is 0. The van der Waals surface area contributed by atoms with Crippen LogP contribution < -0.4 is 10.1 Å². The molecule has 1 N–H and O–H groups in total. The molecule has 1 saturated heterocycles. The number of aromatic nitrogens is 4. The van der Waals surface area contributed by atoms with E-state index in [1.54, 1.807) is 36.5 Å². The first-order valence-corrected chi connectivity index (χ1v) is 11.4. The minimum atomic E-state index is -0.331. The summed E-state index contributed by atoms with van der Waals surface area (Å²) in [6.45, 7) is 1.49. The van der Waals surface area contributed by atoms with Crippen molar-refractivity contribution in [2.75, 3.05) is 25.5 Å². The van der Waals surface area contributed by atoms with Gasteiger partial charge in [0.25, 0.3) is 5.91 Å². The number of ether oxygens (including phenoxy) is 1. The zero-order chi connectivity index (χ0) is 24.4. The van der Waals surface area contributed by atoms with Gasteiger partial charge in [-0.2, -0.15) is 5.10 Å². The van der Waals surface area contributed by atoms with E-state index in [0.717, 1.165) is 30.8 Å². The van der Waals surface area contributed by atoms with Gasteiger partial charge in [0, 0.05) is 44.8 Å². The second kappa shape index (κ2) is 9.54. The van der Waals surface area contributed by atoms with Crippen molar-refractivity contribution >= 4 is 29.3 Å². The first kappa shape index (κ1) is 22.5. The quantitative estimate of drug-likeness (QED) is 0.556. The lowest BCUT2D eigenvalue weighted by Crippen LogP contribution is -2.27. The van der Waals surface area contributed by atoms with Gasteiger partial charge in [-0.05, 0) is 59.7 Å². The Bertz CT molecular complexity index is 1310. The van der Waals surface area contributed by atoms with Gasteiger partial charge in [0.05, 0.1) is 24.6 Å². The number of aryl methyl sites for hydroxylation is 1. The highest BCUT2D eigenvalue weighted by molar-refractivity contribution is 6.03. The molecule has 5 rings (SSSR count). The fraction of sp³-hybridized carbons (Fsp3) is 0.269. The number of fused-ring (bicyclic) bond motifs is 1. The van der Waals surface area contributed by atoms with Crippen LogP contribution in [0, 0.1) is 11.8 Å². The number of nitrogens with one attached hydrogen (secondary N) is 1. The highest BCUT2D eigenvalue weighted by Gasteiger charge is 2.38. The molecule has 0 bridgehead atoms. The van der Waals surface area contributed by atoms with Gasteiger partial charge < -0.3 is 15.0 Å². The number of likely N-dealkylation sites (tertiary alicyclic amines) is 1. The third kappa shape index (κ3) is 4.84. The van der Waals surface area contributed by atoms with Crippen molar-refractivity contribution in [1.29, 1.82) is 0 Å². The number of nitrogens with zero attached hydrogens (tertiary/aromatic N) is 5. The lowest BCUT2D eigenvalue weighted by atomic mass is 9.99. The number of rotatable bonds is 6. The smallest absolute Gasteiger partial charge is 0.258 e. The van der Waals surface area contributed by atoms with Crippen LogP contribution in [0.1, 0.15) is 28.0 Å². The van der Waals surface area contributed by atoms with Crippen LogP contribution in [0.15, 0.2) is 61.2 Å². The molecule has 0 radical (unpaired) electrons. The Morgan fingerprint density at radius 1 is 1.17 bits per heavy atom. The number of hydrogen-bond donors (Lipinski definition) is 1. The van der Waals surface area contributed by atoms with Crippen molar-refractivity contribution in [3.63, 3.8) is 0 Å². The topological polar surface area (TPSA) is 102 Å². The van der Waals surface area contributed by atoms with Crippen molar-refractivity contribution in [2.24, 2.45) is 18.9 Å². The van der Waals surface area contributed by atoms with Gasteiger partial charge in [-0.25, -0.2) is 4.98 Å². The van der Waals surface area contributed by atoms with Gasteiger partial charge >= 0.3 is 0 Å². The predicted molar refractivity (Wildman–Crippen MR) is 131 cm³/mol. The van der Waals surface area contributed by atoms with Crippen molar-refractivity contribution in [1.82, 2.24) is 24.6 Å². The fourth-order valence-corrected chi connectivity index (χ4v) is 4.66. The van der Waals surface area contributed by atoms with Crippen LogP contribution in [0.4, 0.5) is 5.82 Å². The first-order valence-electron chi connectivity index (χ1n) is 11.4. The third-order valence-corrected chi connectivity index (χ3v) is 6.51. The molecule has 9 nitrogen and oxygen atoms in total. The molecule has 0 saturated carbocycles. The lowest BCUT2D eigenvalue weighted by Gasteiger charge is -2.15. The highest BCUT2D eigenvalue weighted by atomic mass is 16.5. The minimum absolute atomic E-state index is 0.00205. The molecule has 3 aromatic rings. The summed E-state index contributed by atoms with van der Waals surface area (Å²) in [5, 5.41) is 6.99. The Balaban J connectivity index is 1.16. The first-order chi connectivity index (χ1) is 17.0. The number of methoxy groups -OCH3 is 1. The van der Waals surface area contributed by atoms with E-state index >= 15 is 0 Å². The molecule has 2 aliphatic rings. The van der Waals surface area contributed by atoms with E-state index in [2.05, 4.69) is 26.5 Å². The zero-order valence-electron chi connectivity index (χ0n) is 19.6. The average molecular weight is 471 g/mol. The lowest BCUT2D eigenvalue weighted by molar-refractivity contribution is -0.125. The molecule has 1 aliphatic carbocycles. The van der Waals surface area contributed by atoms with E-state index in [1.165, 1.54) is 25.1 Å². The van der Waals surface area contributed by atoms with Gasteiger partial charge in [0.1, 0.15) is 11.6 Å². The Morgan fingerprint density at radius 3 is 2.77 bits per heavy atom. The summed E-state index contributed by atoms with van der Waals surface area (Å²) in [6.07, 6.45) is 13.0. The van der Waals surface area contributed by atoms with Crippen molar-refractivity contribution < 1.29 is 14.3 Å². The molecule has 2 atom stereocenters. The number of carbonyl (C=O) groups excluding carboxylic acids is 2. The monoisotopic (exact) mass is 470 g/mol. The SMILES string of the molecule is COc1cncc(C(=O)Nc2ccc(C=CC(=O)N3CC4C=C(c5ccnn5C)CC4C3)cn2)c1. The number of carbonyl (C=O) groups is 2. The molecule has 2 unspecified atom stereocenters. The summed E-state index contributed by atoms with van der Waals surface area (Å²) in [5.41, 5.74) is 3.63. The van der Waals surface area contributed by atoms with Crippen molar-refractivity contribution in [3.8, 4) is 5.75 Å². The number of hydrogen-bond acceptors (Lipinski definition) is 6. The second-order valence-electron chi connectivity index (χ2n) is 8.78. The van der Waals surface area contributed by atoms with Crippen LogP contribution in [0.2, 0.25) is 0 Å². The molecule has 1 fully saturated rings. The molecular formula is C26H26N6O3. The maximum absolute atomic E-state index is 12.7. The molecule has 4 heterocycles. The van der Waals surface area contributed by atoms with Crippen LogP contribution in [0.3, 0.4) is 0 Å². The number of pyridine rings is 2. The minimum Gasteiger partial charge on any atom is -0.495 e. The van der Waals surface area contributed by atoms with Crippen LogP contribution in [-0.4, -0.2) is 56.7 Å². The Hall–Kier alpha value is -4.27. The van der Waals surface area contributed by atoms with E-state index in [4.69, 9.17) is 4.74 Å². The molecule has 0 aromatic carbocycles. The zero-order valence-corrected chi connectivity index (χ0v) is 19.6. The van der Waals surface area contributed by atoms with Crippen LogP contribution in [-0.2, 0) is 11.8 Å². The van der Waals surface area contributed by atoms with Gasteiger partial charge in [-0.1, -0.05) is 6.08 Å². The van der Waals surface area contributed by atoms with E-state index < -0.39 is 0 Å². The van der Waals surface area contributed by atoms with Gasteiger partial charge in [-0.15, -0.1) is 0 Å². The Morgan fingerprint density at radius 2 is 2.06 bits per heavy atom. The molecule has 3 aromatic heterocycles. The number of allylic oxidation sites excluding steroid dienone is 1. The molecule has 2 amide bonds. The fourth-order valence-electron chi connectivity index (χ4n) is 4.66. The second-order valence-corrected chi connectivity index (χ2v) is 8.78. The molecule has 9 heteroatoms. The third-order valence-electron chi connectivity index (χ3n) is 6.51. The van der Waals surface area contributed by atoms with Crippen molar-refractivity contribution in [2.45, 2.75) is 6.42 Å². The summed E-state index contributed by atoms with van der Waals surface area (Å²) in [6, 6.07) is 7.14. The van der Waals surface area contributed by atoms with Crippen LogP contribution in [0.25, 0.3) is 11.6 Å².